The normalized spacial score (nSPS) is 19.7. The standard InChI is InChI=1S/C36H47NO4/c1-23-19-24(2)33(25(3)20-23)29-16-17-30(34(29)35(38)41-36(5,6)7)37(26(4)28-13-11-10-12-14-28)22-27-15-18-31(39-8)32(21-27)40-9/h10-15,18-21,26,29-30,34H,16-17,22H2,1-9H3/t26-,29+,30+,34-/m0/s1. The molecular weight excluding hydrogens is 510 g/mol. The predicted octanol–water partition coefficient (Wildman–Crippen LogP) is 8.10. The second-order valence-electron chi connectivity index (χ2n) is 12.6. The van der Waals surface area contributed by atoms with Crippen molar-refractivity contribution < 1.29 is 19.0 Å². The van der Waals surface area contributed by atoms with Crippen molar-refractivity contribution in [3.05, 3.63) is 94.0 Å². The number of hydrogen-bond acceptors (Lipinski definition) is 5. The van der Waals surface area contributed by atoms with E-state index in [-0.39, 0.29) is 29.9 Å². The van der Waals surface area contributed by atoms with Crippen molar-refractivity contribution >= 4 is 5.97 Å². The maximum absolute atomic E-state index is 14.2. The van der Waals surface area contributed by atoms with E-state index in [1.54, 1.807) is 14.2 Å². The zero-order valence-corrected chi connectivity index (χ0v) is 26.3. The van der Waals surface area contributed by atoms with E-state index in [2.05, 4.69) is 75.1 Å². The molecule has 0 spiro atoms. The third-order valence-corrected chi connectivity index (χ3v) is 8.43. The topological polar surface area (TPSA) is 48.0 Å². The first-order valence-electron chi connectivity index (χ1n) is 14.8. The summed E-state index contributed by atoms with van der Waals surface area (Å²) in [5.74, 6) is 1.10. The lowest BCUT2D eigenvalue weighted by atomic mass is 9.81. The van der Waals surface area contributed by atoms with Gasteiger partial charge in [-0.2, -0.15) is 0 Å². The fourth-order valence-corrected chi connectivity index (χ4v) is 6.80. The Morgan fingerprint density at radius 2 is 1.54 bits per heavy atom. The van der Waals surface area contributed by atoms with Crippen LogP contribution in [0.2, 0.25) is 0 Å². The molecule has 3 aromatic rings. The third kappa shape index (κ3) is 6.95. The number of nitrogens with zero attached hydrogens (tertiary/aromatic N) is 1. The molecule has 0 bridgehead atoms. The number of ether oxygens (including phenoxy) is 3. The second-order valence-corrected chi connectivity index (χ2v) is 12.6. The highest BCUT2D eigenvalue weighted by molar-refractivity contribution is 5.76. The molecule has 0 N–H and O–H groups in total. The van der Waals surface area contributed by atoms with Crippen molar-refractivity contribution in [1.82, 2.24) is 4.90 Å². The van der Waals surface area contributed by atoms with Crippen molar-refractivity contribution in [1.29, 1.82) is 0 Å². The molecule has 0 unspecified atom stereocenters. The van der Waals surface area contributed by atoms with Crippen LogP contribution in [-0.2, 0) is 16.1 Å². The average molecular weight is 558 g/mol. The number of carbonyl (C=O) groups is 1. The Labute approximate surface area is 246 Å². The van der Waals surface area contributed by atoms with E-state index in [1.165, 1.54) is 27.8 Å². The molecule has 1 fully saturated rings. The molecule has 3 aromatic carbocycles. The SMILES string of the molecule is COc1ccc(CN([C@@H]2CC[C@H](c3c(C)cc(C)cc3C)[C@@H]2C(=O)OC(C)(C)C)[C@@H](C)c2ccccc2)cc1OC. The Morgan fingerprint density at radius 3 is 2.12 bits per heavy atom. The Balaban J connectivity index is 1.81. The highest BCUT2D eigenvalue weighted by atomic mass is 16.6. The van der Waals surface area contributed by atoms with E-state index in [9.17, 15) is 4.79 Å². The predicted molar refractivity (Wildman–Crippen MR) is 166 cm³/mol. The Bertz CT molecular complexity index is 1320. The Hall–Kier alpha value is -3.31. The van der Waals surface area contributed by atoms with Gasteiger partial charge in [-0.25, -0.2) is 0 Å². The molecule has 0 saturated heterocycles. The lowest BCUT2D eigenvalue weighted by Crippen LogP contribution is -2.45. The van der Waals surface area contributed by atoms with Crippen molar-refractivity contribution in [2.24, 2.45) is 5.92 Å². The third-order valence-electron chi connectivity index (χ3n) is 8.43. The number of aryl methyl sites for hydroxylation is 3. The summed E-state index contributed by atoms with van der Waals surface area (Å²) in [6.07, 6.45) is 1.84. The molecule has 1 aliphatic rings. The van der Waals surface area contributed by atoms with Crippen LogP contribution in [0, 0.1) is 26.7 Å². The van der Waals surface area contributed by atoms with Crippen LogP contribution in [0.4, 0.5) is 0 Å². The number of rotatable bonds is 9. The van der Waals surface area contributed by atoms with Crippen LogP contribution in [-0.4, -0.2) is 36.7 Å². The maximum Gasteiger partial charge on any atom is 0.311 e. The lowest BCUT2D eigenvalue weighted by molar-refractivity contribution is -0.162. The van der Waals surface area contributed by atoms with Gasteiger partial charge in [0.25, 0.3) is 0 Å². The molecule has 41 heavy (non-hydrogen) atoms. The summed E-state index contributed by atoms with van der Waals surface area (Å²) in [7, 11) is 3.32. The quantitative estimate of drug-likeness (QED) is 0.249. The first-order valence-corrected chi connectivity index (χ1v) is 14.8. The molecule has 0 aromatic heterocycles. The minimum Gasteiger partial charge on any atom is -0.493 e. The first kappa shape index (κ1) is 30.6. The molecule has 5 heteroatoms. The molecule has 5 nitrogen and oxygen atoms in total. The summed E-state index contributed by atoms with van der Waals surface area (Å²) < 4.78 is 17.3. The lowest BCUT2D eigenvalue weighted by Gasteiger charge is -2.39. The van der Waals surface area contributed by atoms with Crippen molar-refractivity contribution in [3.63, 3.8) is 0 Å². The van der Waals surface area contributed by atoms with Gasteiger partial charge in [-0.05, 0) is 107 Å². The van der Waals surface area contributed by atoms with E-state index in [0.717, 1.165) is 18.4 Å². The highest BCUT2D eigenvalue weighted by Crippen LogP contribution is 2.48. The van der Waals surface area contributed by atoms with Crippen LogP contribution in [0.15, 0.2) is 60.7 Å². The van der Waals surface area contributed by atoms with Crippen LogP contribution in [0.5, 0.6) is 11.5 Å². The molecule has 4 atom stereocenters. The highest BCUT2D eigenvalue weighted by Gasteiger charge is 2.48. The molecule has 0 amide bonds. The van der Waals surface area contributed by atoms with Crippen LogP contribution >= 0.6 is 0 Å². The maximum atomic E-state index is 14.2. The Morgan fingerprint density at radius 1 is 0.902 bits per heavy atom. The van der Waals surface area contributed by atoms with Gasteiger partial charge in [-0.1, -0.05) is 54.1 Å². The van der Waals surface area contributed by atoms with Crippen molar-refractivity contribution in [2.75, 3.05) is 14.2 Å². The summed E-state index contributed by atoms with van der Waals surface area (Å²) in [6, 6.07) is 21.2. The fraction of sp³-hybridized carbons (Fsp3) is 0.472. The zero-order valence-electron chi connectivity index (χ0n) is 26.3. The van der Waals surface area contributed by atoms with Gasteiger partial charge in [0.15, 0.2) is 11.5 Å². The summed E-state index contributed by atoms with van der Waals surface area (Å²) in [4.78, 5) is 16.7. The number of hydrogen-bond donors (Lipinski definition) is 0. The molecular formula is C36H47NO4. The van der Waals surface area contributed by atoms with Crippen molar-refractivity contribution in [3.8, 4) is 11.5 Å². The first-order chi connectivity index (χ1) is 19.4. The van der Waals surface area contributed by atoms with Crippen LogP contribution in [0.3, 0.4) is 0 Å². The second kappa shape index (κ2) is 12.7. The summed E-state index contributed by atoms with van der Waals surface area (Å²) in [6.45, 7) is 15.3. The minimum absolute atomic E-state index is 0.00162. The van der Waals surface area contributed by atoms with Gasteiger partial charge < -0.3 is 14.2 Å². The monoisotopic (exact) mass is 557 g/mol. The number of esters is 1. The van der Waals surface area contributed by atoms with E-state index in [4.69, 9.17) is 14.2 Å². The zero-order chi connectivity index (χ0) is 29.9. The minimum atomic E-state index is -0.564. The van der Waals surface area contributed by atoms with Crippen molar-refractivity contribution in [2.45, 2.75) is 91.5 Å². The van der Waals surface area contributed by atoms with Gasteiger partial charge in [-0.3, -0.25) is 9.69 Å². The van der Waals surface area contributed by atoms with E-state index in [1.807, 2.05) is 39.0 Å². The molecule has 1 aliphatic carbocycles. The van der Waals surface area contributed by atoms with Gasteiger partial charge in [-0.15, -0.1) is 0 Å². The van der Waals surface area contributed by atoms with Crippen LogP contribution in [0.1, 0.15) is 85.9 Å². The molecule has 220 valence electrons. The van der Waals surface area contributed by atoms with E-state index in [0.29, 0.717) is 18.0 Å². The summed E-state index contributed by atoms with van der Waals surface area (Å²) in [5.41, 5.74) is 6.83. The molecule has 4 rings (SSSR count). The van der Waals surface area contributed by atoms with Gasteiger partial charge in [0.2, 0.25) is 0 Å². The number of methoxy groups -OCH3 is 2. The summed E-state index contributed by atoms with van der Waals surface area (Å²) >= 11 is 0. The summed E-state index contributed by atoms with van der Waals surface area (Å²) in [5, 5.41) is 0. The smallest absolute Gasteiger partial charge is 0.311 e. The number of benzene rings is 3. The largest absolute Gasteiger partial charge is 0.493 e. The van der Waals surface area contributed by atoms with Crippen LogP contribution < -0.4 is 9.47 Å². The molecule has 0 aliphatic heterocycles. The van der Waals surface area contributed by atoms with E-state index < -0.39 is 5.60 Å². The van der Waals surface area contributed by atoms with Gasteiger partial charge in [0.1, 0.15) is 5.60 Å². The van der Waals surface area contributed by atoms with Gasteiger partial charge >= 0.3 is 5.97 Å². The van der Waals surface area contributed by atoms with Gasteiger partial charge in [0, 0.05) is 18.6 Å². The molecule has 0 heterocycles. The van der Waals surface area contributed by atoms with Crippen LogP contribution in [0.25, 0.3) is 0 Å². The average Bonchev–Trinajstić information content (AvgIpc) is 3.34. The van der Waals surface area contributed by atoms with Gasteiger partial charge in [0.05, 0.1) is 20.1 Å². The molecule has 0 radical (unpaired) electrons. The van der Waals surface area contributed by atoms with E-state index >= 15 is 0 Å². The fourth-order valence-electron chi connectivity index (χ4n) is 6.80. The number of carbonyl (C=O) groups excluding carboxylic acids is 1. The Kier molecular flexibility index (Phi) is 9.48. The molecule has 1 saturated carbocycles.